The first kappa shape index (κ1) is 20.7. The van der Waals surface area contributed by atoms with Gasteiger partial charge in [-0.2, -0.15) is 0 Å². The number of carbonyl (C=O) groups is 2. The topological polar surface area (TPSA) is 60.9 Å². The van der Waals surface area contributed by atoms with Gasteiger partial charge >= 0.3 is 0 Å². The second-order valence-corrected chi connectivity index (χ2v) is 9.01. The molecular weight excluding hydrogens is 400 g/mol. The van der Waals surface area contributed by atoms with Crippen LogP contribution in [-0.4, -0.2) is 59.0 Å². The molecule has 0 bridgehead atoms. The van der Waals surface area contributed by atoms with Crippen molar-refractivity contribution in [3.63, 3.8) is 0 Å². The number of carbonyl (C=O) groups excluding carboxylic acids is 2. The molecule has 0 radical (unpaired) electrons. The van der Waals surface area contributed by atoms with E-state index in [0.717, 1.165) is 22.3 Å². The molecule has 1 aliphatic carbocycles. The highest BCUT2D eigenvalue weighted by atomic mass is 16.3. The summed E-state index contributed by atoms with van der Waals surface area (Å²) in [7, 11) is 0. The first-order valence-corrected chi connectivity index (χ1v) is 11.4. The van der Waals surface area contributed by atoms with E-state index in [9.17, 15) is 14.7 Å². The number of aliphatic hydroxyl groups excluding tert-OH is 1. The maximum absolute atomic E-state index is 13.2. The Labute approximate surface area is 188 Å². The molecule has 1 aliphatic heterocycles. The fourth-order valence-corrected chi connectivity index (χ4v) is 4.66. The third kappa shape index (κ3) is 4.13. The van der Waals surface area contributed by atoms with Crippen molar-refractivity contribution in [2.24, 2.45) is 0 Å². The van der Waals surface area contributed by atoms with E-state index in [0.29, 0.717) is 18.7 Å². The van der Waals surface area contributed by atoms with Crippen LogP contribution in [0, 0.1) is 0 Å². The quantitative estimate of drug-likeness (QED) is 0.685. The summed E-state index contributed by atoms with van der Waals surface area (Å²) in [4.78, 5) is 28.1. The maximum Gasteiger partial charge on any atom is 0.254 e. The Hall–Kier alpha value is -3.18. The molecule has 1 atom stereocenters. The molecule has 3 aromatic carbocycles. The number of nitrogens with zero attached hydrogens (tertiary/aromatic N) is 2. The van der Waals surface area contributed by atoms with E-state index in [-0.39, 0.29) is 24.9 Å². The molecule has 2 fully saturated rings. The number of β-amino-alcohol motifs (C(OH)–C–C–N with tert-alkyl or cyclic N) is 1. The third-order valence-electron chi connectivity index (χ3n) is 6.63. The Morgan fingerprint density at radius 2 is 1.62 bits per heavy atom. The van der Waals surface area contributed by atoms with Crippen molar-refractivity contribution in [2.45, 2.75) is 31.8 Å². The molecule has 1 saturated carbocycles. The lowest BCUT2D eigenvalue weighted by atomic mass is 9.95. The number of fused-ring (bicyclic) bond motifs is 1. The minimum absolute atomic E-state index is 0.0817. The van der Waals surface area contributed by atoms with Crippen molar-refractivity contribution in [1.82, 2.24) is 9.80 Å². The van der Waals surface area contributed by atoms with Crippen LogP contribution < -0.4 is 0 Å². The van der Waals surface area contributed by atoms with Crippen LogP contribution in [0.25, 0.3) is 21.9 Å². The molecule has 32 heavy (non-hydrogen) atoms. The molecule has 0 spiro atoms. The summed E-state index contributed by atoms with van der Waals surface area (Å²) in [6, 6.07) is 20.9. The van der Waals surface area contributed by atoms with Crippen molar-refractivity contribution in [1.29, 1.82) is 0 Å². The van der Waals surface area contributed by atoms with Crippen LogP contribution in [0.4, 0.5) is 0 Å². The zero-order valence-electron chi connectivity index (χ0n) is 18.3. The van der Waals surface area contributed by atoms with Crippen LogP contribution in [0.1, 0.15) is 41.6 Å². The van der Waals surface area contributed by atoms with E-state index in [1.165, 1.54) is 30.9 Å². The molecule has 5 rings (SSSR count). The summed E-state index contributed by atoms with van der Waals surface area (Å²) < 4.78 is 0. The van der Waals surface area contributed by atoms with Crippen molar-refractivity contribution in [2.75, 3.05) is 26.2 Å². The lowest BCUT2D eigenvalue weighted by Crippen LogP contribution is -2.37. The average Bonchev–Trinajstić information content (AvgIpc) is 3.66. The number of aliphatic hydroxyl groups is 1. The zero-order chi connectivity index (χ0) is 22.2. The average molecular weight is 429 g/mol. The number of hydrogen-bond acceptors (Lipinski definition) is 3. The van der Waals surface area contributed by atoms with E-state index in [2.05, 4.69) is 30.3 Å². The van der Waals surface area contributed by atoms with E-state index >= 15 is 0 Å². The summed E-state index contributed by atoms with van der Waals surface area (Å²) in [5.41, 5.74) is 4.36. The summed E-state index contributed by atoms with van der Waals surface area (Å²) in [5.74, 6) is 0.544. The molecule has 1 unspecified atom stereocenters. The Morgan fingerprint density at radius 1 is 0.906 bits per heavy atom. The first-order chi connectivity index (χ1) is 15.5. The molecular formula is C27H28N2O3. The predicted molar refractivity (Wildman–Crippen MR) is 126 cm³/mol. The van der Waals surface area contributed by atoms with E-state index in [4.69, 9.17) is 0 Å². The predicted octanol–water partition coefficient (Wildman–Crippen LogP) is 4.05. The normalized spacial score (nSPS) is 19.1. The van der Waals surface area contributed by atoms with Gasteiger partial charge in [0.05, 0.1) is 6.10 Å². The Morgan fingerprint density at radius 3 is 2.34 bits per heavy atom. The first-order valence-electron chi connectivity index (χ1n) is 11.4. The number of hydrogen-bond donors (Lipinski definition) is 1. The van der Waals surface area contributed by atoms with Gasteiger partial charge in [-0.3, -0.25) is 9.59 Å². The van der Waals surface area contributed by atoms with E-state index < -0.39 is 6.10 Å². The minimum atomic E-state index is -0.740. The van der Waals surface area contributed by atoms with Gasteiger partial charge in [-0.25, -0.2) is 0 Å². The van der Waals surface area contributed by atoms with Gasteiger partial charge in [0.1, 0.15) is 0 Å². The van der Waals surface area contributed by atoms with Crippen LogP contribution in [-0.2, 0) is 4.79 Å². The lowest BCUT2D eigenvalue weighted by molar-refractivity contribution is -0.129. The number of rotatable bonds is 3. The molecule has 3 aromatic rings. The Balaban J connectivity index is 1.41. The van der Waals surface area contributed by atoms with Gasteiger partial charge in [-0.05, 0) is 58.4 Å². The molecule has 1 heterocycles. The van der Waals surface area contributed by atoms with Crippen LogP contribution in [0.2, 0.25) is 0 Å². The zero-order valence-corrected chi connectivity index (χ0v) is 18.3. The molecule has 1 saturated heterocycles. The van der Waals surface area contributed by atoms with Gasteiger partial charge in [0.15, 0.2) is 0 Å². The van der Waals surface area contributed by atoms with E-state index in [1.807, 2.05) is 30.3 Å². The molecule has 5 heteroatoms. The van der Waals surface area contributed by atoms with Gasteiger partial charge in [0.25, 0.3) is 5.91 Å². The SMILES string of the molecule is CC(=O)N1CCN(C(=O)c2ccc3c(-c4ccc(C5CC5)cc4)cccc3c2)CC(O)C1. The van der Waals surface area contributed by atoms with Crippen LogP contribution >= 0.6 is 0 Å². The molecule has 2 aliphatic rings. The molecule has 1 N–H and O–H groups in total. The highest BCUT2D eigenvalue weighted by Crippen LogP contribution is 2.40. The van der Waals surface area contributed by atoms with Crippen LogP contribution in [0.3, 0.4) is 0 Å². The standard InChI is InChI=1S/C27H28N2O3/c1-18(30)28-13-14-29(17-24(31)16-28)27(32)23-11-12-26-22(15-23)3-2-4-25(26)21-9-7-20(8-10-21)19-5-6-19/h2-4,7-12,15,19,24,31H,5-6,13-14,16-17H2,1H3. The number of amides is 2. The monoisotopic (exact) mass is 428 g/mol. The van der Waals surface area contributed by atoms with Gasteiger partial charge in [0, 0.05) is 38.7 Å². The van der Waals surface area contributed by atoms with Gasteiger partial charge in [0.2, 0.25) is 5.91 Å². The van der Waals surface area contributed by atoms with E-state index in [1.54, 1.807) is 9.80 Å². The van der Waals surface area contributed by atoms with Crippen molar-refractivity contribution >= 4 is 22.6 Å². The van der Waals surface area contributed by atoms with Crippen LogP contribution in [0.15, 0.2) is 60.7 Å². The second-order valence-electron chi connectivity index (χ2n) is 9.01. The third-order valence-corrected chi connectivity index (χ3v) is 6.63. The molecule has 0 aromatic heterocycles. The molecule has 164 valence electrons. The number of benzene rings is 3. The highest BCUT2D eigenvalue weighted by molar-refractivity contribution is 6.02. The minimum Gasteiger partial charge on any atom is -0.389 e. The Bertz CT molecular complexity index is 1170. The largest absolute Gasteiger partial charge is 0.389 e. The van der Waals surface area contributed by atoms with Gasteiger partial charge < -0.3 is 14.9 Å². The van der Waals surface area contributed by atoms with Crippen molar-refractivity contribution in [3.8, 4) is 11.1 Å². The van der Waals surface area contributed by atoms with Gasteiger partial charge in [-0.15, -0.1) is 0 Å². The summed E-state index contributed by atoms with van der Waals surface area (Å²) in [5, 5.41) is 12.4. The summed E-state index contributed by atoms with van der Waals surface area (Å²) in [6.07, 6.45) is 1.85. The summed E-state index contributed by atoms with van der Waals surface area (Å²) >= 11 is 0. The smallest absolute Gasteiger partial charge is 0.254 e. The van der Waals surface area contributed by atoms with Gasteiger partial charge in [-0.1, -0.05) is 48.5 Å². The fourth-order valence-electron chi connectivity index (χ4n) is 4.66. The summed E-state index contributed by atoms with van der Waals surface area (Å²) in [6.45, 7) is 2.84. The van der Waals surface area contributed by atoms with Crippen LogP contribution in [0.5, 0.6) is 0 Å². The second kappa shape index (κ2) is 8.40. The molecule has 5 nitrogen and oxygen atoms in total. The van der Waals surface area contributed by atoms with Crippen molar-refractivity contribution in [3.05, 3.63) is 71.8 Å². The Kier molecular flexibility index (Phi) is 5.43. The fraction of sp³-hybridized carbons (Fsp3) is 0.333. The lowest BCUT2D eigenvalue weighted by Gasteiger charge is -2.22. The molecule has 2 amide bonds. The highest BCUT2D eigenvalue weighted by Gasteiger charge is 2.26. The van der Waals surface area contributed by atoms with Crippen molar-refractivity contribution < 1.29 is 14.7 Å². The maximum atomic E-state index is 13.2.